The summed E-state index contributed by atoms with van der Waals surface area (Å²) in [5.41, 5.74) is -0.701. The minimum Gasteiger partial charge on any atom is -0.477 e. The molecule has 0 aliphatic carbocycles. The zero-order valence-electron chi connectivity index (χ0n) is 10.4. The summed E-state index contributed by atoms with van der Waals surface area (Å²) in [7, 11) is 0. The van der Waals surface area contributed by atoms with Gasteiger partial charge < -0.3 is 15.1 Å². The molecule has 8 nitrogen and oxygen atoms in total. The molecule has 0 saturated carbocycles. The number of anilines is 1. The van der Waals surface area contributed by atoms with Gasteiger partial charge in [-0.1, -0.05) is 0 Å². The number of carboxylic acid groups (broad SMARTS) is 1. The molecule has 1 aromatic carbocycles. The van der Waals surface area contributed by atoms with E-state index in [9.17, 15) is 19.7 Å². The van der Waals surface area contributed by atoms with Gasteiger partial charge in [0.15, 0.2) is 0 Å². The average molecular weight is 280 g/mol. The summed E-state index contributed by atoms with van der Waals surface area (Å²) in [6.45, 7) is 0.132. The first kappa shape index (κ1) is 13.9. The molecule has 1 atom stereocenters. The summed E-state index contributed by atoms with van der Waals surface area (Å²) < 4.78 is 0. The van der Waals surface area contributed by atoms with E-state index < -0.39 is 22.1 Å². The van der Waals surface area contributed by atoms with Crippen LogP contribution in [0.15, 0.2) is 18.2 Å². The van der Waals surface area contributed by atoms with E-state index in [1.54, 1.807) is 0 Å². The van der Waals surface area contributed by atoms with Gasteiger partial charge in [-0.3, -0.25) is 14.9 Å². The Morgan fingerprint density at radius 1 is 1.50 bits per heavy atom. The fraction of sp³-hybridized carbons (Fsp3) is 0.333. The average Bonchev–Trinajstić information content (AvgIpc) is 2.79. The number of carbonyl (C=O) groups is 2. The summed E-state index contributed by atoms with van der Waals surface area (Å²) in [6.07, 6.45) is 0.176. The standard InChI is InChI=1S/C12H12N2O6/c15-6-7-3-11(16)13(5-7)8-1-2-10(14(19)20)9(4-8)12(17)18/h1-2,4,7,15H,3,5-6H2,(H,17,18). The molecular formula is C12H12N2O6. The Morgan fingerprint density at radius 3 is 2.70 bits per heavy atom. The van der Waals surface area contributed by atoms with Crippen LogP contribution in [0.25, 0.3) is 0 Å². The zero-order valence-corrected chi connectivity index (χ0v) is 10.4. The van der Waals surface area contributed by atoms with Gasteiger partial charge in [-0.2, -0.15) is 0 Å². The number of aromatic carboxylic acids is 1. The number of hydrogen-bond donors (Lipinski definition) is 2. The molecule has 1 aromatic rings. The van der Waals surface area contributed by atoms with Gasteiger partial charge in [-0.25, -0.2) is 4.79 Å². The fourth-order valence-electron chi connectivity index (χ4n) is 2.18. The van der Waals surface area contributed by atoms with Gasteiger partial charge in [0.1, 0.15) is 5.56 Å². The Hall–Kier alpha value is -2.48. The molecule has 1 unspecified atom stereocenters. The van der Waals surface area contributed by atoms with Gasteiger partial charge in [-0.15, -0.1) is 0 Å². The lowest BCUT2D eigenvalue weighted by atomic mass is 10.1. The van der Waals surface area contributed by atoms with Gasteiger partial charge in [0, 0.05) is 37.2 Å². The first-order chi connectivity index (χ1) is 9.43. The molecule has 106 valence electrons. The molecule has 1 saturated heterocycles. The Labute approximate surface area is 113 Å². The van der Waals surface area contributed by atoms with Crippen LogP contribution in [0, 0.1) is 16.0 Å². The van der Waals surface area contributed by atoms with E-state index in [-0.39, 0.29) is 37.1 Å². The third kappa shape index (κ3) is 2.45. The summed E-state index contributed by atoms with van der Waals surface area (Å²) in [6, 6.07) is 3.51. The normalized spacial score (nSPS) is 18.4. The maximum Gasteiger partial charge on any atom is 0.342 e. The van der Waals surface area contributed by atoms with Crippen LogP contribution in [0.1, 0.15) is 16.8 Å². The molecule has 1 aliphatic rings. The highest BCUT2D eigenvalue weighted by Gasteiger charge is 2.31. The molecule has 1 heterocycles. The third-order valence-corrected chi connectivity index (χ3v) is 3.18. The predicted molar refractivity (Wildman–Crippen MR) is 67.6 cm³/mol. The Balaban J connectivity index is 2.39. The van der Waals surface area contributed by atoms with Crippen molar-refractivity contribution in [1.82, 2.24) is 0 Å². The molecule has 0 bridgehead atoms. The number of rotatable bonds is 4. The lowest BCUT2D eigenvalue weighted by Gasteiger charge is -2.16. The highest BCUT2D eigenvalue weighted by atomic mass is 16.6. The second-order valence-corrected chi connectivity index (χ2v) is 4.52. The molecular weight excluding hydrogens is 268 g/mol. The van der Waals surface area contributed by atoms with Crippen molar-refractivity contribution in [2.75, 3.05) is 18.1 Å². The van der Waals surface area contributed by atoms with Gasteiger partial charge in [0.2, 0.25) is 5.91 Å². The first-order valence-electron chi connectivity index (χ1n) is 5.87. The molecule has 1 amide bonds. The SMILES string of the molecule is O=C(O)c1cc(N2CC(CO)CC2=O)ccc1[N+](=O)[O-]. The second kappa shape index (κ2) is 5.25. The van der Waals surface area contributed by atoms with E-state index in [0.29, 0.717) is 0 Å². The molecule has 0 aromatic heterocycles. The van der Waals surface area contributed by atoms with Gasteiger partial charge in [0.05, 0.1) is 4.92 Å². The number of carbonyl (C=O) groups excluding carboxylic acids is 1. The number of hydrogen-bond acceptors (Lipinski definition) is 5. The summed E-state index contributed by atoms with van der Waals surface area (Å²) in [4.78, 5) is 34.1. The van der Waals surface area contributed by atoms with Crippen molar-refractivity contribution in [2.45, 2.75) is 6.42 Å². The van der Waals surface area contributed by atoms with Crippen LogP contribution in [0.3, 0.4) is 0 Å². The lowest BCUT2D eigenvalue weighted by molar-refractivity contribution is -0.385. The maximum absolute atomic E-state index is 11.8. The van der Waals surface area contributed by atoms with Gasteiger partial charge >= 0.3 is 5.97 Å². The van der Waals surface area contributed by atoms with Crippen molar-refractivity contribution in [1.29, 1.82) is 0 Å². The van der Waals surface area contributed by atoms with Crippen LogP contribution < -0.4 is 4.90 Å². The van der Waals surface area contributed by atoms with E-state index in [1.165, 1.54) is 11.0 Å². The molecule has 1 fully saturated rings. The lowest BCUT2D eigenvalue weighted by Crippen LogP contribution is -2.25. The van der Waals surface area contributed by atoms with Crippen LogP contribution in [-0.2, 0) is 4.79 Å². The molecule has 1 aliphatic heterocycles. The number of benzene rings is 1. The van der Waals surface area contributed by atoms with E-state index >= 15 is 0 Å². The highest BCUT2D eigenvalue weighted by Crippen LogP contribution is 2.29. The van der Waals surface area contributed by atoms with Crippen molar-refractivity contribution < 1.29 is 24.7 Å². The minimum atomic E-state index is -1.43. The van der Waals surface area contributed by atoms with E-state index in [2.05, 4.69) is 0 Å². The van der Waals surface area contributed by atoms with Crippen molar-refractivity contribution in [3.8, 4) is 0 Å². The number of nitro groups is 1. The van der Waals surface area contributed by atoms with Crippen molar-refractivity contribution >= 4 is 23.3 Å². The number of aliphatic hydroxyl groups is 1. The second-order valence-electron chi connectivity index (χ2n) is 4.52. The van der Waals surface area contributed by atoms with Crippen molar-refractivity contribution in [3.05, 3.63) is 33.9 Å². The fourth-order valence-corrected chi connectivity index (χ4v) is 2.18. The molecule has 2 rings (SSSR count). The van der Waals surface area contributed by atoms with Crippen LogP contribution in [0.5, 0.6) is 0 Å². The first-order valence-corrected chi connectivity index (χ1v) is 5.87. The van der Waals surface area contributed by atoms with Crippen LogP contribution >= 0.6 is 0 Å². The monoisotopic (exact) mass is 280 g/mol. The smallest absolute Gasteiger partial charge is 0.342 e. The van der Waals surface area contributed by atoms with Crippen LogP contribution in [0.2, 0.25) is 0 Å². The summed E-state index contributed by atoms with van der Waals surface area (Å²) >= 11 is 0. The molecule has 8 heteroatoms. The maximum atomic E-state index is 11.8. The minimum absolute atomic E-state index is 0.138. The van der Waals surface area contributed by atoms with E-state index in [0.717, 1.165) is 12.1 Å². The molecule has 0 spiro atoms. The molecule has 20 heavy (non-hydrogen) atoms. The number of carboxylic acids is 1. The largest absolute Gasteiger partial charge is 0.477 e. The summed E-state index contributed by atoms with van der Waals surface area (Å²) in [5, 5.41) is 28.8. The van der Waals surface area contributed by atoms with Crippen LogP contribution in [0.4, 0.5) is 11.4 Å². The topological polar surface area (TPSA) is 121 Å². The highest BCUT2D eigenvalue weighted by molar-refractivity contribution is 5.99. The number of nitro benzene ring substituents is 1. The Bertz CT molecular complexity index is 585. The Morgan fingerprint density at radius 2 is 2.20 bits per heavy atom. The zero-order chi connectivity index (χ0) is 14.9. The molecule has 0 radical (unpaired) electrons. The third-order valence-electron chi connectivity index (χ3n) is 3.18. The van der Waals surface area contributed by atoms with Gasteiger partial charge in [-0.05, 0) is 12.1 Å². The number of nitrogens with zero attached hydrogens (tertiary/aromatic N) is 2. The van der Waals surface area contributed by atoms with Gasteiger partial charge in [0.25, 0.3) is 5.69 Å². The predicted octanol–water partition coefficient (Wildman–Crippen LogP) is 0.638. The molecule has 2 N–H and O–H groups in total. The van der Waals surface area contributed by atoms with Crippen molar-refractivity contribution in [2.24, 2.45) is 5.92 Å². The van der Waals surface area contributed by atoms with Crippen molar-refractivity contribution in [3.63, 3.8) is 0 Å². The van der Waals surface area contributed by atoms with E-state index in [1.807, 2.05) is 0 Å². The summed E-state index contributed by atoms with van der Waals surface area (Å²) in [5.74, 6) is -1.87. The van der Waals surface area contributed by atoms with Crippen LogP contribution in [-0.4, -0.2) is 40.2 Å². The number of amides is 1. The number of aliphatic hydroxyl groups excluding tert-OH is 1. The van der Waals surface area contributed by atoms with E-state index in [4.69, 9.17) is 10.2 Å². The Kier molecular flexibility index (Phi) is 3.66. The quantitative estimate of drug-likeness (QED) is 0.616.